The van der Waals surface area contributed by atoms with Crippen molar-refractivity contribution < 1.29 is 14.6 Å². The summed E-state index contributed by atoms with van der Waals surface area (Å²) in [5.41, 5.74) is -0.339. The van der Waals surface area contributed by atoms with Crippen molar-refractivity contribution in [1.82, 2.24) is 4.98 Å². The van der Waals surface area contributed by atoms with Gasteiger partial charge in [-0.3, -0.25) is 4.79 Å². The number of hydrogen-bond acceptors (Lipinski definition) is 4. The number of thiazole rings is 1. The van der Waals surface area contributed by atoms with Crippen molar-refractivity contribution in [3.63, 3.8) is 0 Å². The van der Waals surface area contributed by atoms with Crippen LogP contribution in [0.15, 0.2) is 5.38 Å². The summed E-state index contributed by atoms with van der Waals surface area (Å²) in [4.78, 5) is 15.6. The highest BCUT2D eigenvalue weighted by Crippen LogP contribution is 2.31. The second-order valence-electron chi connectivity index (χ2n) is 4.73. The van der Waals surface area contributed by atoms with Crippen LogP contribution < -0.4 is 0 Å². The van der Waals surface area contributed by atoms with E-state index in [4.69, 9.17) is 4.74 Å². The smallest absolute Gasteiger partial charge is 0.315 e. The van der Waals surface area contributed by atoms with Gasteiger partial charge in [0.1, 0.15) is 16.5 Å². The molecule has 1 aromatic heterocycles. The number of nitrogens with zero attached hydrogens (tertiary/aromatic N) is 1. The van der Waals surface area contributed by atoms with Gasteiger partial charge in [0.15, 0.2) is 0 Å². The van der Waals surface area contributed by atoms with Crippen LogP contribution in [0.2, 0.25) is 0 Å². The van der Waals surface area contributed by atoms with Gasteiger partial charge in [-0.25, -0.2) is 4.98 Å². The minimum Gasteiger partial charge on any atom is -0.481 e. The standard InChI is InChI=1S/C13H21NO3S/c1-5-7-9(17-6-2)11-14-10(8-18-11)13(3,4)12(15)16/h8-9H,5-7H2,1-4H3,(H,15,16). The van der Waals surface area contributed by atoms with Crippen molar-refractivity contribution in [2.45, 2.75) is 52.1 Å². The highest BCUT2D eigenvalue weighted by Gasteiger charge is 2.32. The summed E-state index contributed by atoms with van der Waals surface area (Å²) in [5, 5.41) is 11.9. The Labute approximate surface area is 112 Å². The van der Waals surface area contributed by atoms with Crippen LogP contribution in [-0.4, -0.2) is 22.7 Å². The third-order valence-corrected chi connectivity index (χ3v) is 3.83. The molecule has 4 nitrogen and oxygen atoms in total. The third kappa shape index (κ3) is 3.29. The fourth-order valence-corrected chi connectivity index (χ4v) is 2.64. The topological polar surface area (TPSA) is 59.4 Å². The molecule has 0 fully saturated rings. The number of ether oxygens (including phenoxy) is 1. The molecular formula is C13H21NO3S. The van der Waals surface area contributed by atoms with Crippen LogP contribution in [0, 0.1) is 0 Å². The summed E-state index contributed by atoms with van der Waals surface area (Å²) < 4.78 is 5.66. The molecule has 0 aliphatic heterocycles. The second-order valence-corrected chi connectivity index (χ2v) is 5.62. The molecule has 102 valence electrons. The zero-order chi connectivity index (χ0) is 13.8. The zero-order valence-corrected chi connectivity index (χ0v) is 12.2. The molecule has 1 N–H and O–H groups in total. The SMILES string of the molecule is CCCC(OCC)c1nc(C(C)(C)C(=O)O)cs1. The quantitative estimate of drug-likeness (QED) is 0.826. The Balaban J connectivity index is 2.93. The molecule has 0 amide bonds. The van der Waals surface area contributed by atoms with Crippen molar-refractivity contribution in [1.29, 1.82) is 0 Å². The molecule has 0 saturated heterocycles. The summed E-state index contributed by atoms with van der Waals surface area (Å²) in [6.07, 6.45) is 1.92. The number of aromatic nitrogens is 1. The number of carboxylic acid groups (broad SMARTS) is 1. The minimum absolute atomic E-state index is 0.0108. The van der Waals surface area contributed by atoms with E-state index >= 15 is 0 Å². The van der Waals surface area contributed by atoms with Gasteiger partial charge in [0, 0.05) is 12.0 Å². The minimum atomic E-state index is -0.947. The fraction of sp³-hybridized carbons (Fsp3) is 0.692. The maximum atomic E-state index is 11.2. The maximum Gasteiger partial charge on any atom is 0.315 e. The van der Waals surface area contributed by atoms with Gasteiger partial charge in [-0.2, -0.15) is 0 Å². The van der Waals surface area contributed by atoms with E-state index in [0.717, 1.165) is 17.8 Å². The second kappa shape index (κ2) is 6.29. The first-order valence-corrected chi connectivity index (χ1v) is 7.12. The van der Waals surface area contributed by atoms with Crippen molar-refractivity contribution in [2.24, 2.45) is 0 Å². The Morgan fingerprint density at radius 1 is 1.56 bits per heavy atom. The lowest BCUT2D eigenvalue weighted by Crippen LogP contribution is -2.29. The molecule has 18 heavy (non-hydrogen) atoms. The highest BCUT2D eigenvalue weighted by atomic mass is 32.1. The summed E-state index contributed by atoms with van der Waals surface area (Å²) in [5.74, 6) is -0.859. The molecule has 0 aliphatic rings. The number of aliphatic carboxylic acids is 1. The number of carbonyl (C=O) groups is 1. The van der Waals surface area contributed by atoms with Gasteiger partial charge in [-0.1, -0.05) is 13.3 Å². The molecule has 0 aromatic carbocycles. The van der Waals surface area contributed by atoms with Gasteiger partial charge in [0.25, 0.3) is 0 Å². The summed E-state index contributed by atoms with van der Waals surface area (Å²) in [6, 6.07) is 0. The molecule has 0 aliphatic carbocycles. The molecule has 0 radical (unpaired) electrons. The molecule has 0 saturated carbocycles. The van der Waals surface area contributed by atoms with Gasteiger partial charge >= 0.3 is 5.97 Å². The lowest BCUT2D eigenvalue weighted by atomic mass is 9.90. The molecule has 1 atom stereocenters. The lowest BCUT2D eigenvalue weighted by Gasteiger charge is -2.17. The molecule has 1 rings (SSSR count). The van der Waals surface area contributed by atoms with E-state index in [9.17, 15) is 9.90 Å². The first kappa shape index (κ1) is 15.1. The Hall–Kier alpha value is -0.940. The predicted molar refractivity (Wildman–Crippen MR) is 72.1 cm³/mol. The van der Waals surface area contributed by atoms with E-state index in [2.05, 4.69) is 11.9 Å². The summed E-state index contributed by atoms with van der Waals surface area (Å²) >= 11 is 1.48. The first-order valence-electron chi connectivity index (χ1n) is 6.24. The number of hydrogen-bond donors (Lipinski definition) is 1. The molecular weight excluding hydrogens is 250 g/mol. The summed E-state index contributed by atoms with van der Waals surface area (Å²) in [6.45, 7) is 8.04. The maximum absolute atomic E-state index is 11.2. The van der Waals surface area contributed by atoms with Crippen LogP contribution in [-0.2, 0) is 14.9 Å². The fourth-order valence-electron chi connectivity index (χ4n) is 1.57. The van der Waals surface area contributed by atoms with Crippen molar-refractivity contribution in [2.75, 3.05) is 6.61 Å². The normalized spacial score (nSPS) is 13.6. The molecule has 1 aromatic rings. The van der Waals surface area contributed by atoms with Gasteiger partial charge < -0.3 is 9.84 Å². The predicted octanol–water partition coefficient (Wildman–Crippen LogP) is 3.38. The van der Waals surface area contributed by atoms with E-state index in [-0.39, 0.29) is 6.10 Å². The van der Waals surface area contributed by atoms with Crippen LogP contribution in [0.5, 0.6) is 0 Å². The third-order valence-electron chi connectivity index (χ3n) is 2.89. The summed E-state index contributed by atoms with van der Waals surface area (Å²) in [7, 11) is 0. The van der Waals surface area contributed by atoms with Gasteiger partial charge in [0.2, 0.25) is 0 Å². The molecule has 1 heterocycles. The van der Waals surface area contributed by atoms with Crippen molar-refractivity contribution in [3.8, 4) is 0 Å². The van der Waals surface area contributed by atoms with E-state index in [1.165, 1.54) is 11.3 Å². The number of rotatable bonds is 7. The molecule has 5 heteroatoms. The molecule has 1 unspecified atom stereocenters. The average Bonchev–Trinajstić information content (AvgIpc) is 2.78. The highest BCUT2D eigenvalue weighted by molar-refractivity contribution is 7.09. The first-order chi connectivity index (χ1) is 8.43. The lowest BCUT2D eigenvalue weighted by molar-refractivity contribution is -0.142. The van der Waals surface area contributed by atoms with Gasteiger partial charge in [-0.15, -0.1) is 11.3 Å². The average molecular weight is 271 g/mol. The largest absolute Gasteiger partial charge is 0.481 e. The van der Waals surface area contributed by atoms with Crippen molar-refractivity contribution in [3.05, 3.63) is 16.1 Å². The van der Waals surface area contributed by atoms with Gasteiger partial charge in [-0.05, 0) is 27.2 Å². The Morgan fingerprint density at radius 3 is 2.72 bits per heavy atom. The van der Waals surface area contributed by atoms with Crippen LogP contribution in [0.1, 0.15) is 57.3 Å². The Bertz CT molecular complexity index is 395. The zero-order valence-electron chi connectivity index (χ0n) is 11.4. The molecule has 0 spiro atoms. The van der Waals surface area contributed by atoms with Crippen LogP contribution in [0.4, 0.5) is 0 Å². The van der Waals surface area contributed by atoms with Crippen LogP contribution in [0.3, 0.4) is 0 Å². The van der Waals surface area contributed by atoms with Crippen LogP contribution in [0.25, 0.3) is 0 Å². The van der Waals surface area contributed by atoms with Crippen LogP contribution >= 0.6 is 11.3 Å². The van der Waals surface area contributed by atoms with Crippen molar-refractivity contribution >= 4 is 17.3 Å². The molecule has 0 bridgehead atoms. The Morgan fingerprint density at radius 2 is 2.22 bits per heavy atom. The Kier molecular flexibility index (Phi) is 5.28. The van der Waals surface area contributed by atoms with E-state index in [1.54, 1.807) is 13.8 Å². The van der Waals surface area contributed by atoms with Gasteiger partial charge in [0.05, 0.1) is 5.69 Å². The van der Waals surface area contributed by atoms with E-state index in [0.29, 0.717) is 12.3 Å². The monoisotopic (exact) mass is 271 g/mol. The van der Waals surface area contributed by atoms with E-state index < -0.39 is 11.4 Å². The van der Waals surface area contributed by atoms with E-state index in [1.807, 2.05) is 12.3 Å². The number of carboxylic acids is 1.